The predicted molar refractivity (Wildman–Crippen MR) is 86.5 cm³/mol. The molecule has 0 atom stereocenters. The minimum Gasteiger partial charge on any atom is -0.256 e. The zero-order valence-electron chi connectivity index (χ0n) is 13.2. The van der Waals surface area contributed by atoms with Gasteiger partial charge in [-0.25, -0.2) is 0 Å². The Balaban J connectivity index is 2.89. The van der Waals surface area contributed by atoms with Crippen LogP contribution in [0.4, 0.5) is 0 Å². The first-order valence-corrected chi connectivity index (χ1v) is 8.03. The lowest BCUT2D eigenvalue weighted by atomic mass is 9.82. The summed E-state index contributed by atoms with van der Waals surface area (Å²) in [5.41, 5.74) is 4.13. The van der Waals surface area contributed by atoms with Gasteiger partial charge in [0.25, 0.3) is 0 Å². The van der Waals surface area contributed by atoms with Crippen LogP contribution >= 0.6 is 11.3 Å². The third-order valence-corrected chi connectivity index (χ3v) is 4.44. The van der Waals surface area contributed by atoms with E-state index in [4.69, 9.17) is 4.98 Å². The molecule has 0 radical (unpaired) electrons. The van der Waals surface area contributed by atoms with Crippen molar-refractivity contribution in [3.63, 3.8) is 0 Å². The van der Waals surface area contributed by atoms with Crippen LogP contribution in [0.25, 0.3) is 10.1 Å². The second-order valence-electron chi connectivity index (χ2n) is 6.98. The summed E-state index contributed by atoms with van der Waals surface area (Å²) in [7, 11) is 0. The van der Waals surface area contributed by atoms with Gasteiger partial charge in [-0.3, -0.25) is 4.98 Å². The van der Waals surface area contributed by atoms with Crippen molar-refractivity contribution in [1.82, 2.24) is 4.98 Å². The van der Waals surface area contributed by atoms with E-state index in [-0.39, 0.29) is 5.41 Å². The molecule has 0 aliphatic carbocycles. The average molecular weight is 275 g/mol. The van der Waals surface area contributed by atoms with Crippen LogP contribution in [-0.2, 0) is 5.41 Å². The molecule has 0 saturated carbocycles. The highest BCUT2D eigenvalue weighted by Crippen LogP contribution is 2.40. The Morgan fingerprint density at radius 2 is 1.58 bits per heavy atom. The molecular weight excluding hydrogens is 250 g/mol. The molecule has 2 aromatic heterocycles. The minimum absolute atomic E-state index is 0.144. The van der Waals surface area contributed by atoms with Crippen molar-refractivity contribution in [1.29, 1.82) is 0 Å². The third kappa shape index (κ3) is 2.55. The molecule has 19 heavy (non-hydrogen) atoms. The number of aromatic nitrogens is 1. The zero-order chi connectivity index (χ0) is 14.4. The molecule has 2 heteroatoms. The van der Waals surface area contributed by atoms with E-state index in [1.807, 2.05) is 11.3 Å². The summed E-state index contributed by atoms with van der Waals surface area (Å²) in [5, 5.41) is 3.56. The van der Waals surface area contributed by atoms with Crippen LogP contribution in [0, 0.1) is 0 Å². The maximum absolute atomic E-state index is 5.05. The molecule has 104 valence electrons. The highest BCUT2D eigenvalue weighted by Gasteiger charge is 2.26. The van der Waals surface area contributed by atoms with E-state index in [2.05, 4.69) is 59.9 Å². The fourth-order valence-electron chi connectivity index (χ4n) is 2.65. The van der Waals surface area contributed by atoms with Crippen molar-refractivity contribution >= 4 is 21.4 Å². The second kappa shape index (κ2) is 4.90. The topological polar surface area (TPSA) is 12.9 Å². The summed E-state index contributed by atoms with van der Waals surface area (Å²) < 4.78 is 1.44. The van der Waals surface area contributed by atoms with E-state index >= 15 is 0 Å². The van der Waals surface area contributed by atoms with E-state index < -0.39 is 0 Å². The van der Waals surface area contributed by atoms with E-state index in [0.29, 0.717) is 11.8 Å². The predicted octanol–water partition coefficient (Wildman–Crippen LogP) is 5.84. The van der Waals surface area contributed by atoms with Crippen LogP contribution in [0.1, 0.15) is 77.3 Å². The first-order chi connectivity index (χ1) is 8.73. The van der Waals surface area contributed by atoms with Gasteiger partial charge in [0.15, 0.2) is 0 Å². The molecule has 0 spiro atoms. The number of fused-ring (bicyclic) bond motifs is 1. The highest BCUT2D eigenvalue weighted by atomic mass is 32.1. The monoisotopic (exact) mass is 275 g/mol. The molecule has 0 saturated heterocycles. The first-order valence-electron chi connectivity index (χ1n) is 7.15. The standard InChI is InChI=1S/C17H25NS/c1-10(2)14-12-8-9-19-16(12)13(17(5,6)7)15(18-14)11(3)4/h8-11H,1-7H3. The summed E-state index contributed by atoms with van der Waals surface area (Å²) >= 11 is 1.86. The molecule has 0 unspecified atom stereocenters. The van der Waals surface area contributed by atoms with E-state index in [1.54, 1.807) is 0 Å². The Morgan fingerprint density at radius 1 is 1.00 bits per heavy atom. The van der Waals surface area contributed by atoms with Crippen molar-refractivity contribution < 1.29 is 0 Å². The smallest absolute Gasteiger partial charge is 0.0519 e. The largest absolute Gasteiger partial charge is 0.256 e. The van der Waals surface area contributed by atoms with Crippen molar-refractivity contribution in [2.45, 2.75) is 65.7 Å². The van der Waals surface area contributed by atoms with Crippen molar-refractivity contribution in [3.8, 4) is 0 Å². The Bertz CT molecular complexity index is 585. The van der Waals surface area contributed by atoms with Crippen LogP contribution in [-0.4, -0.2) is 4.98 Å². The Labute approximate surface area is 121 Å². The van der Waals surface area contributed by atoms with Crippen LogP contribution < -0.4 is 0 Å². The van der Waals surface area contributed by atoms with Gasteiger partial charge in [0.05, 0.1) is 5.69 Å². The molecule has 0 amide bonds. The molecule has 0 bridgehead atoms. The Morgan fingerprint density at radius 3 is 2.05 bits per heavy atom. The molecule has 1 nitrogen and oxygen atoms in total. The zero-order valence-corrected chi connectivity index (χ0v) is 14.0. The van der Waals surface area contributed by atoms with Gasteiger partial charge in [-0.05, 0) is 34.3 Å². The van der Waals surface area contributed by atoms with Gasteiger partial charge in [0.2, 0.25) is 0 Å². The molecular formula is C17H25NS. The summed E-state index contributed by atoms with van der Waals surface area (Å²) in [6.07, 6.45) is 0. The van der Waals surface area contributed by atoms with Gasteiger partial charge in [0.1, 0.15) is 0 Å². The normalized spacial score (nSPS) is 12.9. The molecule has 2 aromatic rings. The lowest BCUT2D eigenvalue weighted by Gasteiger charge is -2.26. The second-order valence-corrected chi connectivity index (χ2v) is 7.90. The highest BCUT2D eigenvalue weighted by molar-refractivity contribution is 7.17. The lowest BCUT2D eigenvalue weighted by Crippen LogP contribution is -2.18. The number of hydrogen-bond acceptors (Lipinski definition) is 2. The maximum atomic E-state index is 5.05. The number of pyridine rings is 1. The molecule has 2 rings (SSSR count). The van der Waals surface area contributed by atoms with Gasteiger partial charge in [-0.15, -0.1) is 11.3 Å². The third-order valence-electron chi connectivity index (χ3n) is 3.51. The number of nitrogens with zero attached hydrogens (tertiary/aromatic N) is 1. The molecule has 0 aliphatic rings. The summed E-state index contributed by atoms with van der Waals surface area (Å²) in [4.78, 5) is 5.05. The van der Waals surface area contributed by atoms with Crippen molar-refractivity contribution in [3.05, 3.63) is 28.4 Å². The molecule has 0 aliphatic heterocycles. The Kier molecular flexibility index (Phi) is 3.74. The summed E-state index contributed by atoms with van der Waals surface area (Å²) in [6, 6.07) is 2.24. The van der Waals surface area contributed by atoms with Crippen molar-refractivity contribution in [2.75, 3.05) is 0 Å². The SMILES string of the molecule is CC(C)c1nc(C(C)C)c2ccsc2c1C(C)(C)C. The van der Waals surface area contributed by atoms with Crippen LogP contribution in [0.2, 0.25) is 0 Å². The van der Waals surface area contributed by atoms with Crippen LogP contribution in [0.3, 0.4) is 0 Å². The summed E-state index contributed by atoms with van der Waals surface area (Å²) in [5.74, 6) is 0.946. The molecule has 2 heterocycles. The minimum atomic E-state index is 0.144. The average Bonchev–Trinajstić information content (AvgIpc) is 2.72. The maximum Gasteiger partial charge on any atom is 0.0519 e. The van der Waals surface area contributed by atoms with Gasteiger partial charge in [-0.1, -0.05) is 48.5 Å². The molecule has 0 aromatic carbocycles. The number of rotatable bonds is 2. The number of thiophene rings is 1. The number of hydrogen-bond donors (Lipinski definition) is 0. The Hall–Kier alpha value is -0.890. The summed E-state index contributed by atoms with van der Waals surface area (Å²) in [6.45, 7) is 15.9. The molecule has 0 fully saturated rings. The molecule has 0 N–H and O–H groups in total. The van der Waals surface area contributed by atoms with Crippen LogP contribution in [0.15, 0.2) is 11.4 Å². The van der Waals surface area contributed by atoms with Gasteiger partial charge in [-0.2, -0.15) is 0 Å². The van der Waals surface area contributed by atoms with Gasteiger partial charge >= 0.3 is 0 Å². The van der Waals surface area contributed by atoms with E-state index in [0.717, 1.165) is 0 Å². The van der Waals surface area contributed by atoms with Gasteiger partial charge in [0, 0.05) is 15.8 Å². The van der Waals surface area contributed by atoms with Crippen molar-refractivity contribution in [2.24, 2.45) is 0 Å². The van der Waals surface area contributed by atoms with E-state index in [1.165, 1.54) is 27.0 Å². The van der Waals surface area contributed by atoms with Crippen LogP contribution in [0.5, 0.6) is 0 Å². The van der Waals surface area contributed by atoms with Gasteiger partial charge < -0.3 is 0 Å². The fourth-order valence-corrected chi connectivity index (χ4v) is 3.82. The lowest BCUT2D eigenvalue weighted by molar-refractivity contribution is 0.575. The fraction of sp³-hybridized carbons (Fsp3) is 0.588. The van der Waals surface area contributed by atoms with E-state index in [9.17, 15) is 0 Å². The quantitative estimate of drug-likeness (QED) is 0.671. The first kappa shape index (κ1) is 14.5.